The Bertz CT molecular complexity index is 432. The van der Waals surface area contributed by atoms with Crippen molar-refractivity contribution >= 4 is 23.5 Å². The van der Waals surface area contributed by atoms with Gasteiger partial charge in [-0.25, -0.2) is 9.18 Å². The fraction of sp³-hybridized carbons (Fsp3) is 0.200. The average molecular weight is 262 g/mol. The van der Waals surface area contributed by atoms with Gasteiger partial charge < -0.3 is 15.5 Å². The molecule has 5 nitrogen and oxygen atoms in total. The lowest BCUT2D eigenvalue weighted by atomic mass is 10.2. The summed E-state index contributed by atoms with van der Waals surface area (Å²) in [5.41, 5.74) is -0.450. The largest absolute Gasteiger partial charge is 0.480 e. The molecule has 1 amide bonds. The summed E-state index contributed by atoms with van der Waals surface area (Å²) < 4.78 is 13.3. The molecule has 0 spiro atoms. The van der Waals surface area contributed by atoms with Crippen molar-refractivity contribution in [3.05, 3.63) is 34.6 Å². The minimum atomic E-state index is -1.50. The molecule has 7 heteroatoms. The number of aliphatic carboxylic acids is 1. The van der Waals surface area contributed by atoms with Gasteiger partial charge in [0.05, 0.1) is 17.2 Å². The lowest BCUT2D eigenvalue weighted by molar-refractivity contribution is -0.140. The maximum Gasteiger partial charge on any atom is 0.328 e. The first kappa shape index (κ1) is 13.4. The van der Waals surface area contributed by atoms with Crippen LogP contribution in [0.3, 0.4) is 0 Å². The molecule has 0 aliphatic carbocycles. The number of hydrogen-bond donors (Lipinski definition) is 3. The van der Waals surface area contributed by atoms with E-state index in [0.717, 1.165) is 6.07 Å². The molecule has 0 aliphatic rings. The van der Waals surface area contributed by atoms with Gasteiger partial charge in [-0.05, 0) is 12.1 Å². The summed E-state index contributed by atoms with van der Waals surface area (Å²) in [5.74, 6) is -3.28. The van der Waals surface area contributed by atoms with Crippen molar-refractivity contribution in [1.29, 1.82) is 0 Å². The van der Waals surface area contributed by atoms with Gasteiger partial charge in [-0.2, -0.15) is 0 Å². The van der Waals surface area contributed by atoms with Gasteiger partial charge in [-0.15, -0.1) is 0 Å². The van der Waals surface area contributed by atoms with Gasteiger partial charge in [0.1, 0.15) is 5.82 Å². The maximum absolute atomic E-state index is 13.3. The fourth-order valence-electron chi connectivity index (χ4n) is 1.13. The first-order valence-electron chi connectivity index (χ1n) is 4.56. The number of rotatable bonds is 4. The van der Waals surface area contributed by atoms with E-state index in [0.29, 0.717) is 0 Å². The number of carbonyl (C=O) groups is 2. The molecule has 0 aromatic heterocycles. The zero-order valence-electron chi connectivity index (χ0n) is 8.48. The molecule has 1 rings (SSSR count). The molecular weight excluding hydrogens is 253 g/mol. The molecule has 3 N–H and O–H groups in total. The first-order valence-corrected chi connectivity index (χ1v) is 4.93. The number of halogens is 2. The van der Waals surface area contributed by atoms with E-state index in [9.17, 15) is 14.0 Å². The molecule has 0 aliphatic heterocycles. The van der Waals surface area contributed by atoms with Gasteiger partial charge in [0.2, 0.25) is 0 Å². The number of hydrogen-bond acceptors (Lipinski definition) is 3. The Balaban J connectivity index is 2.94. The standard InChI is InChI=1S/C10H9ClFNO4/c11-5-2-1-3-6(12)8(5)9(15)13-7(4-14)10(16)17/h1-3,7,14H,4H2,(H,13,15)(H,16,17). The number of carbonyl (C=O) groups excluding carboxylic acids is 1. The molecule has 1 aromatic carbocycles. The lowest BCUT2D eigenvalue weighted by Crippen LogP contribution is -2.43. The minimum absolute atomic E-state index is 0.135. The van der Waals surface area contributed by atoms with Crippen molar-refractivity contribution in [3.63, 3.8) is 0 Å². The fourth-order valence-corrected chi connectivity index (χ4v) is 1.38. The summed E-state index contributed by atoms with van der Waals surface area (Å²) in [7, 11) is 0. The second-order valence-corrected chi connectivity index (χ2v) is 3.55. The van der Waals surface area contributed by atoms with Crippen molar-refractivity contribution in [2.75, 3.05) is 6.61 Å². The zero-order chi connectivity index (χ0) is 13.0. The number of benzene rings is 1. The predicted molar refractivity (Wildman–Crippen MR) is 57.4 cm³/mol. The quantitative estimate of drug-likeness (QED) is 0.743. The monoisotopic (exact) mass is 261 g/mol. The molecule has 1 aromatic rings. The van der Waals surface area contributed by atoms with E-state index in [4.69, 9.17) is 21.8 Å². The van der Waals surface area contributed by atoms with Crippen molar-refractivity contribution < 1.29 is 24.2 Å². The SMILES string of the molecule is O=C(NC(CO)C(=O)O)c1c(F)cccc1Cl. The second kappa shape index (κ2) is 5.60. The molecule has 0 bridgehead atoms. The number of aliphatic hydroxyl groups excluding tert-OH is 1. The van der Waals surface area contributed by atoms with Crippen LogP contribution < -0.4 is 5.32 Å². The average Bonchev–Trinajstić information content (AvgIpc) is 2.25. The molecule has 0 saturated carbocycles. The first-order chi connectivity index (χ1) is 7.97. The molecule has 0 heterocycles. The van der Waals surface area contributed by atoms with Crippen LogP contribution in [-0.4, -0.2) is 34.7 Å². The normalized spacial score (nSPS) is 11.9. The third kappa shape index (κ3) is 3.15. The van der Waals surface area contributed by atoms with Crippen molar-refractivity contribution in [2.24, 2.45) is 0 Å². The smallest absolute Gasteiger partial charge is 0.328 e. The van der Waals surface area contributed by atoms with Crippen LogP contribution >= 0.6 is 11.6 Å². The highest BCUT2D eigenvalue weighted by molar-refractivity contribution is 6.33. The summed E-state index contributed by atoms with van der Waals surface area (Å²) in [5, 5.41) is 19.1. The van der Waals surface area contributed by atoms with Crippen LogP contribution in [0.1, 0.15) is 10.4 Å². The molecular formula is C10H9ClFNO4. The molecule has 17 heavy (non-hydrogen) atoms. The van der Waals surface area contributed by atoms with E-state index < -0.39 is 35.9 Å². The number of nitrogens with one attached hydrogen (secondary N) is 1. The third-order valence-electron chi connectivity index (χ3n) is 1.98. The van der Waals surface area contributed by atoms with Crippen LogP contribution in [0, 0.1) is 5.82 Å². The van der Waals surface area contributed by atoms with Crippen LogP contribution in [0.25, 0.3) is 0 Å². The van der Waals surface area contributed by atoms with Crippen LogP contribution in [0.4, 0.5) is 4.39 Å². The van der Waals surface area contributed by atoms with Crippen LogP contribution in [0.15, 0.2) is 18.2 Å². The summed E-state index contributed by atoms with van der Waals surface area (Å²) in [6.45, 7) is -0.798. The van der Waals surface area contributed by atoms with Gasteiger partial charge in [0.25, 0.3) is 5.91 Å². The number of carboxylic acid groups (broad SMARTS) is 1. The highest BCUT2D eigenvalue weighted by atomic mass is 35.5. The Morgan fingerprint density at radius 2 is 2.12 bits per heavy atom. The minimum Gasteiger partial charge on any atom is -0.480 e. The zero-order valence-corrected chi connectivity index (χ0v) is 9.24. The van der Waals surface area contributed by atoms with Crippen LogP contribution in [-0.2, 0) is 4.79 Å². The summed E-state index contributed by atoms with van der Waals surface area (Å²) in [4.78, 5) is 22.1. The van der Waals surface area contributed by atoms with E-state index >= 15 is 0 Å². The highest BCUT2D eigenvalue weighted by Crippen LogP contribution is 2.18. The van der Waals surface area contributed by atoms with E-state index in [1.807, 2.05) is 5.32 Å². The van der Waals surface area contributed by atoms with Gasteiger partial charge in [-0.1, -0.05) is 17.7 Å². The molecule has 1 unspecified atom stereocenters. The van der Waals surface area contributed by atoms with Gasteiger partial charge >= 0.3 is 5.97 Å². The second-order valence-electron chi connectivity index (χ2n) is 3.14. The topological polar surface area (TPSA) is 86.6 Å². The predicted octanol–water partition coefficient (Wildman–Crippen LogP) is 0.654. The van der Waals surface area contributed by atoms with Crippen molar-refractivity contribution in [3.8, 4) is 0 Å². The Labute approximate surface area is 101 Å². The molecule has 1 atom stereocenters. The number of aliphatic hydroxyl groups is 1. The van der Waals surface area contributed by atoms with E-state index in [1.165, 1.54) is 12.1 Å². The maximum atomic E-state index is 13.3. The van der Waals surface area contributed by atoms with Gasteiger partial charge in [0.15, 0.2) is 6.04 Å². The van der Waals surface area contributed by atoms with E-state index in [-0.39, 0.29) is 5.02 Å². The van der Waals surface area contributed by atoms with Gasteiger partial charge in [0, 0.05) is 0 Å². The third-order valence-corrected chi connectivity index (χ3v) is 2.29. The van der Waals surface area contributed by atoms with E-state index in [2.05, 4.69) is 0 Å². The highest BCUT2D eigenvalue weighted by Gasteiger charge is 2.22. The number of carboxylic acids is 1. The van der Waals surface area contributed by atoms with Gasteiger partial charge in [-0.3, -0.25) is 4.79 Å². The number of amides is 1. The van der Waals surface area contributed by atoms with Crippen LogP contribution in [0.2, 0.25) is 5.02 Å². The Hall–Kier alpha value is -1.66. The summed E-state index contributed by atoms with van der Waals surface area (Å²) in [6.07, 6.45) is 0. The molecule has 0 radical (unpaired) electrons. The van der Waals surface area contributed by atoms with Crippen LogP contribution in [0.5, 0.6) is 0 Å². The molecule has 0 fully saturated rings. The molecule has 0 saturated heterocycles. The summed E-state index contributed by atoms with van der Waals surface area (Å²) >= 11 is 5.62. The Kier molecular flexibility index (Phi) is 4.42. The summed E-state index contributed by atoms with van der Waals surface area (Å²) in [6, 6.07) is 2.14. The molecule has 92 valence electrons. The van der Waals surface area contributed by atoms with E-state index in [1.54, 1.807) is 0 Å². The lowest BCUT2D eigenvalue weighted by Gasteiger charge is -2.12. The van der Waals surface area contributed by atoms with Crippen molar-refractivity contribution in [1.82, 2.24) is 5.32 Å². The Morgan fingerprint density at radius 3 is 2.59 bits per heavy atom. The Morgan fingerprint density at radius 1 is 1.47 bits per heavy atom. The van der Waals surface area contributed by atoms with Crippen molar-refractivity contribution in [2.45, 2.75) is 6.04 Å².